The molecule has 150 valence electrons. The van der Waals surface area contributed by atoms with Crippen LogP contribution in [0.4, 0.5) is 0 Å². The van der Waals surface area contributed by atoms with Crippen LogP contribution in [0.3, 0.4) is 0 Å². The molecule has 4 aromatic rings. The third-order valence-electron chi connectivity index (χ3n) is 5.69. The monoisotopic (exact) mass is 486 g/mol. The van der Waals surface area contributed by atoms with Gasteiger partial charge in [0.05, 0.1) is 0 Å². The van der Waals surface area contributed by atoms with E-state index in [-0.39, 0.29) is 43.5 Å². The Morgan fingerprint density at radius 2 is 1.07 bits per heavy atom. The zero-order chi connectivity index (χ0) is 18.4. The van der Waals surface area contributed by atoms with Crippen LogP contribution in [0.1, 0.15) is 35.6 Å². The Hall–Kier alpha value is -1.17. The van der Waals surface area contributed by atoms with E-state index in [2.05, 4.69) is 83.1 Å². The zero-order valence-corrected chi connectivity index (χ0v) is 21.1. The second-order valence-corrected chi connectivity index (χ2v) is 9.97. The van der Waals surface area contributed by atoms with E-state index in [1.54, 1.807) is 10.6 Å². The molecule has 0 amide bonds. The van der Waals surface area contributed by atoms with Crippen molar-refractivity contribution in [3.05, 3.63) is 70.8 Å². The molecule has 0 unspecified atom stereocenters. The first-order valence-corrected chi connectivity index (χ1v) is 11.1. The van der Waals surface area contributed by atoms with Gasteiger partial charge < -0.3 is 9.41 Å². The van der Waals surface area contributed by atoms with Crippen LogP contribution in [-0.4, -0.2) is 6.16 Å². The summed E-state index contributed by atoms with van der Waals surface area (Å²) >= 11 is 0. The van der Waals surface area contributed by atoms with Gasteiger partial charge in [-0.05, 0) is 20.0 Å². The number of benzene rings is 2. The topological polar surface area (TPSA) is 0 Å². The summed E-state index contributed by atoms with van der Waals surface area (Å²) in [4.78, 5) is 0. The van der Waals surface area contributed by atoms with Gasteiger partial charge in [0.15, 0.2) is 0 Å². The van der Waals surface area contributed by atoms with Crippen LogP contribution in [0.5, 0.6) is 0 Å². The van der Waals surface area contributed by atoms with Crippen molar-refractivity contribution in [1.82, 2.24) is 0 Å². The van der Waals surface area contributed by atoms with Crippen LogP contribution in [-0.2, 0) is 26.2 Å². The average molecular weight is 488 g/mol. The summed E-state index contributed by atoms with van der Waals surface area (Å²) < 4.78 is 0. The van der Waals surface area contributed by atoms with Gasteiger partial charge in [0.2, 0.25) is 0 Å². The van der Waals surface area contributed by atoms with Gasteiger partial charge in [-0.3, -0.25) is 0 Å². The summed E-state index contributed by atoms with van der Waals surface area (Å²) in [6.45, 7) is 11.2. The van der Waals surface area contributed by atoms with Crippen molar-refractivity contribution >= 4 is 40.1 Å². The van der Waals surface area contributed by atoms with E-state index in [9.17, 15) is 0 Å². The first-order chi connectivity index (χ1) is 12.5. The molecule has 0 saturated carbocycles. The number of rotatable bonds is 4. The van der Waals surface area contributed by atoms with Gasteiger partial charge in [-0.2, -0.15) is 12.1 Å². The Morgan fingerprint density at radius 1 is 0.690 bits per heavy atom. The van der Waals surface area contributed by atoms with Crippen LogP contribution < -0.4 is 20.0 Å². The second kappa shape index (κ2) is 10.2. The first kappa shape index (κ1) is 25.9. The molecule has 0 aromatic heterocycles. The maximum absolute atomic E-state index is 2.47. The van der Waals surface area contributed by atoms with Crippen molar-refractivity contribution in [3.8, 4) is 0 Å². The van der Waals surface area contributed by atoms with E-state index in [0.29, 0.717) is 0 Å². The summed E-state index contributed by atoms with van der Waals surface area (Å²) in [6.07, 6.45) is 2.49. The van der Waals surface area contributed by atoms with E-state index in [1.807, 2.05) is 0 Å². The molecule has 4 rings (SSSR count). The molecular formula is C25H27F2PZr. The van der Waals surface area contributed by atoms with Gasteiger partial charge in [-0.1, -0.05) is 58.4 Å². The van der Waals surface area contributed by atoms with Crippen LogP contribution in [0.25, 0.3) is 21.5 Å². The fourth-order valence-electron chi connectivity index (χ4n) is 4.09. The number of aryl methyl sites for hydroxylation is 4. The summed E-state index contributed by atoms with van der Waals surface area (Å²) in [5, 5.41) is 8.83. The SMILES string of the molecule is CCCP(c1cc2c(C)ccc(C)c2[cH-]1)c1cc2c(C)ccc(C)c2[cH-]1.[F-].[F-].[Zr+4]. The van der Waals surface area contributed by atoms with E-state index >= 15 is 0 Å². The molecule has 4 aromatic carbocycles. The van der Waals surface area contributed by atoms with Crippen LogP contribution in [0, 0.1) is 27.7 Å². The fraction of sp³-hybridized carbons (Fsp3) is 0.280. The molecule has 4 heteroatoms. The molecule has 0 bridgehead atoms. The Bertz CT molecular complexity index is 943. The smallest absolute Gasteiger partial charge is 1.00 e. The van der Waals surface area contributed by atoms with Crippen molar-refractivity contribution in [3.63, 3.8) is 0 Å². The minimum Gasteiger partial charge on any atom is -1.00 e. The van der Waals surface area contributed by atoms with Gasteiger partial charge in [0.25, 0.3) is 0 Å². The summed E-state index contributed by atoms with van der Waals surface area (Å²) in [5.74, 6) is 0. The van der Waals surface area contributed by atoms with Crippen molar-refractivity contribution < 1.29 is 35.6 Å². The molecule has 0 heterocycles. The predicted octanol–water partition coefficient (Wildman–Crippen LogP) is 0.513. The molecule has 0 aliphatic rings. The number of halogens is 2. The summed E-state index contributed by atoms with van der Waals surface area (Å²) in [5.41, 5.74) is 5.57. The molecule has 0 aliphatic heterocycles. The maximum atomic E-state index is 2.47. The largest absolute Gasteiger partial charge is 4.00 e. The van der Waals surface area contributed by atoms with Crippen LogP contribution in [0.2, 0.25) is 0 Å². The van der Waals surface area contributed by atoms with E-state index in [4.69, 9.17) is 0 Å². The van der Waals surface area contributed by atoms with Crippen molar-refractivity contribution in [1.29, 1.82) is 0 Å². The van der Waals surface area contributed by atoms with Gasteiger partial charge in [0.1, 0.15) is 0 Å². The molecule has 29 heavy (non-hydrogen) atoms. The Balaban J connectivity index is 0.00000140. The predicted molar refractivity (Wildman–Crippen MR) is 119 cm³/mol. The minimum atomic E-state index is -0.294. The Labute approximate surface area is 193 Å². The van der Waals surface area contributed by atoms with Gasteiger partial charge in [-0.15, -0.1) is 67.5 Å². The number of hydrogen-bond donors (Lipinski definition) is 0. The second-order valence-electron chi connectivity index (χ2n) is 7.63. The van der Waals surface area contributed by atoms with Crippen molar-refractivity contribution in [2.45, 2.75) is 41.0 Å². The molecule has 0 fully saturated rings. The van der Waals surface area contributed by atoms with Gasteiger partial charge >= 0.3 is 26.2 Å². The fourth-order valence-corrected chi connectivity index (χ4v) is 6.49. The third-order valence-corrected chi connectivity index (χ3v) is 8.34. The standard InChI is InChI=1S/C25H27P.2FH.Zr/c1-6-11-26(20-12-22-16(2)7-8-17(3)23(22)13-20)21-14-24-18(4)9-10-19(5)25(24)15-21;;;/h7-10,12-15H,6,11H2,1-5H3;2*1H;/q-2;;;+4/p-2. The molecule has 0 spiro atoms. The van der Waals surface area contributed by atoms with Gasteiger partial charge in [0, 0.05) is 0 Å². The normalized spacial score (nSPS) is 10.7. The molecule has 0 nitrogen and oxygen atoms in total. The molecule has 0 atom stereocenters. The van der Waals surface area contributed by atoms with E-state index < -0.39 is 0 Å². The Morgan fingerprint density at radius 3 is 1.41 bits per heavy atom. The molecule has 0 aliphatic carbocycles. The minimum absolute atomic E-state index is 0. The number of fused-ring (bicyclic) bond motifs is 2. The summed E-state index contributed by atoms with van der Waals surface area (Å²) in [6, 6.07) is 18.9. The van der Waals surface area contributed by atoms with Crippen LogP contribution >= 0.6 is 7.92 Å². The summed E-state index contributed by atoms with van der Waals surface area (Å²) in [7, 11) is -0.294. The van der Waals surface area contributed by atoms with Crippen LogP contribution in [0.15, 0.2) is 48.5 Å². The number of hydrogen-bond acceptors (Lipinski definition) is 0. The zero-order valence-electron chi connectivity index (χ0n) is 17.7. The molecule has 0 saturated heterocycles. The molecule has 0 radical (unpaired) electrons. The molecule has 0 N–H and O–H groups in total. The quantitative estimate of drug-likeness (QED) is 0.291. The van der Waals surface area contributed by atoms with Gasteiger partial charge in [-0.25, -0.2) is 0 Å². The van der Waals surface area contributed by atoms with E-state index in [0.717, 1.165) is 0 Å². The average Bonchev–Trinajstić information content (AvgIpc) is 3.25. The third kappa shape index (κ3) is 4.62. The van der Waals surface area contributed by atoms with Crippen molar-refractivity contribution in [2.24, 2.45) is 0 Å². The first-order valence-electron chi connectivity index (χ1n) is 9.60. The van der Waals surface area contributed by atoms with E-state index in [1.165, 1.54) is 56.4 Å². The Kier molecular flexibility index (Phi) is 9.13. The van der Waals surface area contributed by atoms with Crippen molar-refractivity contribution in [2.75, 3.05) is 6.16 Å². The molecular weight excluding hydrogens is 460 g/mol. The maximum Gasteiger partial charge on any atom is 4.00 e.